The van der Waals surface area contributed by atoms with E-state index in [1.807, 2.05) is 0 Å². The molecule has 0 saturated heterocycles. The molecule has 0 atom stereocenters. The predicted octanol–water partition coefficient (Wildman–Crippen LogP) is 12.6. The van der Waals surface area contributed by atoms with E-state index in [1.165, 1.54) is 86.6 Å². The SMILES string of the molecule is c1ccc(-c2ccccc2-c2ccccc2-n2c3ccccc3c3cccc(-n4c5ccccc5c5ccc([Si](c6ccccc6)(c6ccccc6)c6ccccc6)cc54)c32)cc1. The third kappa shape index (κ3) is 5.78. The molecule has 10 aromatic carbocycles. The molecule has 0 aliphatic carbocycles. The molecule has 0 amide bonds. The van der Waals surface area contributed by atoms with E-state index < -0.39 is 8.07 Å². The Hall–Kier alpha value is -7.98. The number of fused-ring (bicyclic) bond motifs is 6. The summed E-state index contributed by atoms with van der Waals surface area (Å²) in [5.41, 5.74) is 11.8. The fraction of sp³-hybridized carbons (Fsp3) is 0. The number of hydrogen-bond acceptors (Lipinski definition) is 0. The van der Waals surface area contributed by atoms with E-state index in [4.69, 9.17) is 0 Å². The maximum Gasteiger partial charge on any atom is 0.179 e. The third-order valence-electron chi connectivity index (χ3n) is 13.1. The van der Waals surface area contributed by atoms with Crippen molar-refractivity contribution in [3.63, 3.8) is 0 Å². The van der Waals surface area contributed by atoms with E-state index in [9.17, 15) is 0 Å². The number of rotatable bonds is 8. The van der Waals surface area contributed by atoms with Crippen molar-refractivity contribution in [3.05, 3.63) is 255 Å². The zero-order valence-corrected chi connectivity index (χ0v) is 35.6. The fourth-order valence-corrected chi connectivity index (χ4v) is 15.2. The average Bonchev–Trinajstić information content (AvgIpc) is 3.88. The van der Waals surface area contributed by atoms with Gasteiger partial charge in [-0.3, -0.25) is 0 Å². The number of nitrogens with zero attached hydrogens (tertiary/aromatic N) is 2. The molecule has 0 radical (unpaired) electrons. The monoisotopic (exact) mass is 818 g/mol. The largest absolute Gasteiger partial charge is 0.307 e. The van der Waals surface area contributed by atoms with Gasteiger partial charge in [-0.05, 0) is 67.8 Å². The summed E-state index contributed by atoms with van der Waals surface area (Å²) in [6, 6.07) is 94.3. The lowest BCUT2D eigenvalue weighted by Gasteiger charge is -2.34. The van der Waals surface area contributed by atoms with Gasteiger partial charge in [0.2, 0.25) is 0 Å². The van der Waals surface area contributed by atoms with Crippen LogP contribution in [-0.4, -0.2) is 17.2 Å². The zero-order valence-electron chi connectivity index (χ0n) is 34.6. The lowest BCUT2D eigenvalue weighted by molar-refractivity contribution is 1.13. The lowest BCUT2D eigenvalue weighted by atomic mass is 9.93. The van der Waals surface area contributed by atoms with Gasteiger partial charge in [0.25, 0.3) is 0 Å². The Morgan fingerprint density at radius 2 is 0.698 bits per heavy atom. The summed E-state index contributed by atoms with van der Waals surface area (Å²) in [7, 11) is -2.83. The van der Waals surface area contributed by atoms with E-state index in [1.54, 1.807) is 0 Å². The van der Waals surface area contributed by atoms with Gasteiger partial charge in [-0.15, -0.1) is 0 Å². The first kappa shape index (κ1) is 36.8. The molecule has 2 nitrogen and oxygen atoms in total. The Balaban J connectivity index is 1.19. The van der Waals surface area contributed by atoms with Crippen molar-refractivity contribution >= 4 is 72.4 Å². The highest BCUT2D eigenvalue weighted by molar-refractivity contribution is 7.20. The number of benzene rings is 10. The van der Waals surface area contributed by atoms with Gasteiger partial charge in [-0.2, -0.15) is 0 Å². The van der Waals surface area contributed by atoms with Crippen LogP contribution in [0.25, 0.3) is 77.2 Å². The molecular formula is C60H42N2Si. The van der Waals surface area contributed by atoms with Gasteiger partial charge in [-0.1, -0.05) is 224 Å². The average molecular weight is 819 g/mol. The van der Waals surface area contributed by atoms with Crippen LogP contribution in [0.5, 0.6) is 0 Å². The molecule has 12 rings (SSSR count). The molecule has 0 bridgehead atoms. The molecule has 0 unspecified atom stereocenters. The summed E-state index contributed by atoms with van der Waals surface area (Å²) in [6.07, 6.45) is 0. The summed E-state index contributed by atoms with van der Waals surface area (Å²) < 4.78 is 5.07. The Bertz CT molecular complexity index is 3510. The van der Waals surface area contributed by atoms with E-state index >= 15 is 0 Å². The minimum Gasteiger partial charge on any atom is -0.307 e. The Labute approximate surface area is 368 Å². The quantitative estimate of drug-likeness (QED) is 0.107. The molecule has 12 aromatic rings. The minimum atomic E-state index is -2.83. The van der Waals surface area contributed by atoms with Crippen LogP contribution >= 0.6 is 0 Å². The Kier molecular flexibility index (Phi) is 8.87. The van der Waals surface area contributed by atoms with Crippen LogP contribution in [0.15, 0.2) is 255 Å². The molecule has 0 aliphatic rings. The number of hydrogen-bond donors (Lipinski definition) is 0. The van der Waals surface area contributed by atoms with Crippen molar-refractivity contribution < 1.29 is 0 Å². The Morgan fingerprint density at radius 1 is 0.254 bits per heavy atom. The normalized spacial score (nSPS) is 11.8. The van der Waals surface area contributed by atoms with Gasteiger partial charge >= 0.3 is 0 Å². The van der Waals surface area contributed by atoms with Crippen molar-refractivity contribution in [2.75, 3.05) is 0 Å². The van der Waals surface area contributed by atoms with Crippen LogP contribution in [0.2, 0.25) is 0 Å². The predicted molar refractivity (Wildman–Crippen MR) is 270 cm³/mol. The van der Waals surface area contributed by atoms with E-state index in [0.29, 0.717) is 0 Å². The van der Waals surface area contributed by atoms with Crippen molar-refractivity contribution in [2.45, 2.75) is 0 Å². The highest BCUT2D eigenvalue weighted by atomic mass is 28.3. The highest BCUT2D eigenvalue weighted by Gasteiger charge is 2.41. The van der Waals surface area contributed by atoms with Gasteiger partial charge in [0.1, 0.15) is 0 Å². The van der Waals surface area contributed by atoms with Crippen LogP contribution in [0.3, 0.4) is 0 Å². The van der Waals surface area contributed by atoms with Crippen LogP contribution in [-0.2, 0) is 0 Å². The first-order valence-corrected chi connectivity index (χ1v) is 23.8. The van der Waals surface area contributed by atoms with Crippen molar-refractivity contribution in [1.29, 1.82) is 0 Å². The van der Waals surface area contributed by atoms with Crippen molar-refractivity contribution in [3.8, 4) is 33.6 Å². The molecule has 0 N–H and O–H groups in total. The second-order valence-electron chi connectivity index (χ2n) is 16.4. The van der Waals surface area contributed by atoms with E-state index in [0.717, 1.165) is 11.4 Å². The van der Waals surface area contributed by atoms with Crippen LogP contribution in [0, 0.1) is 0 Å². The van der Waals surface area contributed by atoms with Crippen molar-refractivity contribution in [1.82, 2.24) is 9.13 Å². The van der Waals surface area contributed by atoms with Crippen LogP contribution in [0.4, 0.5) is 0 Å². The molecule has 0 fully saturated rings. The molecule has 0 saturated carbocycles. The molecule has 296 valence electrons. The summed E-state index contributed by atoms with van der Waals surface area (Å²) in [4.78, 5) is 0. The summed E-state index contributed by atoms with van der Waals surface area (Å²) in [5.74, 6) is 0. The third-order valence-corrected chi connectivity index (χ3v) is 17.9. The number of aromatic nitrogens is 2. The second-order valence-corrected chi connectivity index (χ2v) is 20.2. The fourth-order valence-electron chi connectivity index (χ4n) is 10.4. The molecule has 0 spiro atoms. The van der Waals surface area contributed by atoms with Gasteiger partial charge in [0.05, 0.1) is 33.4 Å². The first-order chi connectivity index (χ1) is 31.3. The van der Waals surface area contributed by atoms with Gasteiger partial charge in [0.15, 0.2) is 8.07 Å². The van der Waals surface area contributed by atoms with Gasteiger partial charge in [-0.25, -0.2) is 0 Å². The molecule has 0 aliphatic heterocycles. The second kappa shape index (κ2) is 15.2. The summed E-state index contributed by atoms with van der Waals surface area (Å²) >= 11 is 0. The topological polar surface area (TPSA) is 9.86 Å². The molecular weight excluding hydrogens is 777 g/mol. The van der Waals surface area contributed by atoms with E-state index in [2.05, 4.69) is 264 Å². The minimum absolute atomic E-state index is 1.14. The maximum atomic E-state index is 2.55. The standard InChI is InChI=1S/C60H42N2Si/c1-5-22-43(23-6-1)48-30-13-14-31-49(48)50-32-15-19-37-56(50)62-57-38-20-17-34-52(57)54-35-21-39-58(60(54)62)61-55-36-18-16-33-51(55)53-41-40-47(42-59(53)61)63(44-24-7-2-8-25-44,45-26-9-3-10-27-45)46-28-11-4-12-29-46/h1-42H. The smallest absolute Gasteiger partial charge is 0.179 e. The van der Waals surface area contributed by atoms with Crippen molar-refractivity contribution in [2.24, 2.45) is 0 Å². The summed E-state index contributed by atoms with van der Waals surface area (Å²) in [6.45, 7) is 0. The van der Waals surface area contributed by atoms with Gasteiger partial charge < -0.3 is 9.13 Å². The zero-order chi connectivity index (χ0) is 41.7. The first-order valence-electron chi connectivity index (χ1n) is 21.8. The molecule has 2 aromatic heterocycles. The lowest BCUT2D eigenvalue weighted by Crippen LogP contribution is -2.74. The van der Waals surface area contributed by atoms with Gasteiger partial charge in [0, 0.05) is 27.1 Å². The maximum absolute atomic E-state index is 2.83. The van der Waals surface area contributed by atoms with Crippen LogP contribution in [0.1, 0.15) is 0 Å². The van der Waals surface area contributed by atoms with Crippen LogP contribution < -0.4 is 20.7 Å². The molecule has 2 heterocycles. The highest BCUT2D eigenvalue weighted by Crippen LogP contribution is 2.43. The summed E-state index contributed by atoms with van der Waals surface area (Å²) in [5, 5.41) is 10.4. The Morgan fingerprint density at radius 3 is 1.33 bits per heavy atom. The molecule has 63 heavy (non-hydrogen) atoms. The number of para-hydroxylation sites is 4. The molecule has 3 heteroatoms. The van der Waals surface area contributed by atoms with E-state index in [-0.39, 0.29) is 0 Å².